The lowest BCUT2D eigenvalue weighted by atomic mass is 9.97. The van der Waals surface area contributed by atoms with Crippen LogP contribution in [-0.4, -0.2) is 66.6 Å². The van der Waals surface area contributed by atoms with Gasteiger partial charge in [-0.2, -0.15) is 11.8 Å². The summed E-state index contributed by atoms with van der Waals surface area (Å²) in [4.78, 5) is 16.8. The zero-order valence-electron chi connectivity index (χ0n) is 14.5. The normalized spacial score (nSPS) is 27.0. The van der Waals surface area contributed by atoms with Crippen molar-refractivity contribution in [3.05, 3.63) is 0 Å². The molecule has 5 heteroatoms. The summed E-state index contributed by atoms with van der Waals surface area (Å²) in [6, 6.07) is 0.562. The number of carbonyl (C=O) groups excluding carboxylic acids is 1. The van der Waals surface area contributed by atoms with Gasteiger partial charge in [-0.15, -0.1) is 0 Å². The molecule has 1 saturated carbocycles. The zero-order chi connectivity index (χ0) is 15.9. The van der Waals surface area contributed by atoms with Crippen LogP contribution >= 0.6 is 11.8 Å². The summed E-state index contributed by atoms with van der Waals surface area (Å²) < 4.78 is 0. The summed E-state index contributed by atoms with van der Waals surface area (Å²) in [6.45, 7) is 6.71. The fourth-order valence-electron chi connectivity index (χ4n) is 3.74. The summed E-state index contributed by atoms with van der Waals surface area (Å²) in [5.41, 5.74) is 0. The molecule has 2 atom stereocenters. The number of piperidine rings is 1. The maximum atomic E-state index is 12.3. The first kappa shape index (κ1) is 17.9. The Labute approximate surface area is 140 Å². The van der Waals surface area contributed by atoms with E-state index in [4.69, 9.17) is 0 Å². The highest BCUT2D eigenvalue weighted by Crippen LogP contribution is 2.30. The van der Waals surface area contributed by atoms with E-state index in [1.807, 2.05) is 23.7 Å². The number of nitrogens with zero attached hydrogens (tertiary/aromatic N) is 2. The minimum Gasteiger partial charge on any atom is -0.338 e. The van der Waals surface area contributed by atoms with Crippen LogP contribution in [-0.2, 0) is 0 Å². The number of nitrogens with one attached hydrogen (secondary N) is 1. The molecule has 1 heterocycles. The van der Waals surface area contributed by atoms with Gasteiger partial charge in [0.2, 0.25) is 0 Å². The van der Waals surface area contributed by atoms with Crippen molar-refractivity contribution >= 4 is 17.8 Å². The molecule has 2 rings (SSSR count). The Bertz CT molecular complexity index is 345. The smallest absolute Gasteiger partial charge is 0.317 e. The fraction of sp³-hybridized carbons (Fsp3) is 0.941. The highest BCUT2D eigenvalue weighted by atomic mass is 32.2. The summed E-state index contributed by atoms with van der Waals surface area (Å²) in [5.74, 6) is 0.660. The van der Waals surface area contributed by atoms with Gasteiger partial charge in [0.1, 0.15) is 0 Å². The number of amides is 2. The van der Waals surface area contributed by atoms with Gasteiger partial charge in [0, 0.05) is 24.9 Å². The van der Waals surface area contributed by atoms with Crippen LogP contribution in [0.5, 0.6) is 0 Å². The first-order valence-electron chi connectivity index (χ1n) is 8.89. The average Bonchev–Trinajstić information content (AvgIpc) is 3.02. The molecule has 4 nitrogen and oxygen atoms in total. The van der Waals surface area contributed by atoms with Gasteiger partial charge in [0.05, 0.1) is 0 Å². The monoisotopic (exact) mass is 327 g/mol. The first-order chi connectivity index (χ1) is 10.6. The highest BCUT2D eigenvalue weighted by molar-refractivity contribution is 7.99. The molecule has 0 aromatic carbocycles. The van der Waals surface area contributed by atoms with Crippen molar-refractivity contribution in [3.8, 4) is 0 Å². The molecule has 0 aromatic heterocycles. The molecule has 0 unspecified atom stereocenters. The predicted octanol–water partition coefficient (Wildman–Crippen LogP) is 3.03. The Morgan fingerprint density at radius 2 is 2.00 bits per heavy atom. The van der Waals surface area contributed by atoms with Crippen LogP contribution in [0.2, 0.25) is 0 Å². The van der Waals surface area contributed by atoms with Gasteiger partial charge in [0.15, 0.2) is 0 Å². The van der Waals surface area contributed by atoms with Crippen LogP contribution in [0.3, 0.4) is 0 Å². The Morgan fingerprint density at radius 3 is 2.59 bits per heavy atom. The summed E-state index contributed by atoms with van der Waals surface area (Å²) in [6.07, 6.45) is 9.43. The summed E-state index contributed by atoms with van der Waals surface area (Å²) in [5, 5.41) is 3.91. The van der Waals surface area contributed by atoms with Crippen molar-refractivity contribution in [3.63, 3.8) is 0 Å². The van der Waals surface area contributed by atoms with Gasteiger partial charge < -0.3 is 15.1 Å². The molecular formula is C17H33N3OS. The number of urea groups is 1. The minimum absolute atomic E-state index is 0.128. The standard InChI is InChI=1S/C17H33N3OS/c1-4-9-20-10-7-14(8-11-20)13-18-17(21)19(2)15-5-6-16(12-15)22-3/h14-16H,4-13H2,1-3H3,(H,18,21)/t15-,16+/m1/s1. The fourth-order valence-corrected chi connectivity index (χ4v) is 4.52. The molecule has 0 spiro atoms. The quantitative estimate of drug-likeness (QED) is 0.814. The topological polar surface area (TPSA) is 35.6 Å². The van der Waals surface area contributed by atoms with Crippen LogP contribution in [0.15, 0.2) is 0 Å². The summed E-state index contributed by atoms with van der Waals surface area (Å²) in [7, 11) is 1.96. The van der Waals surface area contributed by atoms with E-state index in [-0.39, 0.29) is 6.03 Å². The van der Waals surface area contributed by atoms with E-state index in [9.17, 15) is 4.79 Å². The second kappa shape index (κ2) is 9.02. The van der Waals surface area contributed by atoms with Gasteiger partial charge in [0.25, 0.3) is 0 Å². The van der Waals surface area contributed by atoms with Crippen LogP contribution in [0.1, 0.15) is 45.4 Å². The van der Waals surface area contributed by atoms with E-state index in [1.54, 1.807) is 0 Å². The minimum atomic E-state index is 0.128. The van der Waals surface area contributed by atoms with Crippen molar-refractivity contribution in [1.82, 2.24) is 15.1 Å². The molecule has 0 bridgehead atoms. The van der Waals surface area contributed by atoms with E-state index in [1.165, 1.54) is 45.3 Å². The molecule has 1 aliphatic carbocycles. The number of carbonyl (C=O) groups is 1. The molecule has 22 heavy (non-hydrogen) atoms. The highest BCUT2D eigenvalue weighted by Gasteiger charge is 2.29. The van der Waals surface area contributed by atoms with Crippen molar-refractivity contribution in [2.75, 3.05) is 39.5 Å². The van der Waals surface area contributed by atoms with Gasteiger partial charge in [-0.3, -0.25) is 0 Å². The third-order valence-electron chi connectivity index (χ3n) is 5.35. The predicted molar refractivity (Wildman–Crippen MR) is 95.6 cm³/mol. The van der Waals surface area contributed by atoms with E-state index in [2.05, 4.69) is 23.4 Å². The third-order valence-corrected chi connectivity index (χ3v) is 6.44. The molecule has 1 N–H and O–H groups in total. The second-order valence-corrected chi connectivity index (χ2v) is 8.04. The Hall–Kier alpha value is -0.420. The van der Waals surface area contributed by atoms with Crippen molar-refractivity contribution in [2.45, 2.75) is 56.7 Å². The van der Waals surface area contributed by atoms with Crippen LogP contribution in [0, 0.1) is 5.92 Å². The van der Waals surface area contributed by atoms with Crippen LogP contribution < -0.4 is 5.32 Å². The number of thioether (sulfide) groups is 1. The summed E-state index contributed by atoms with van der Waals surface area (Å²) >= 11 is 1.94. The molecule has 1 saturated heterocycles. The molecule has 1 aliphatic heterocycles. The van der Waals surface area contributed by atoms with Crippen molar-refractivity contribution in [1.29, 1.82) is 0 Å². The molecule has 0 aromatic rings. The maximum Gasteiger partial charge on any atom is 0.317 e. The molecule has 2 amide bonds. The van der Waals surface area contributed by atoms with E-state index < -0.39 is 0 Å². The van der Waals surface area contributed by atoms with Crippen LogP contribution in [0.25, 0.3) is 0 Å². The molecule has 128 valence electrons. The van der Waals surface area contributed by atoms with Crippen LogP contribution in [0.4, 0.5) is 4.79 Å². The first-order valence-corrected chi connectivity index (χ1v) is 10.2. The van der Waals surface area contributed by atoms with E-state index >= 15 is 0 Å². The van der Waals surface area contributed by atoms with E-state index in [0.29, 0.717) is 12.0 Å². The number of hydrogen-bond acceptors (Lipinski definition) is 3. The maximum absolute atomic E-state index is 12.3. The van der Waals surface area contributed by atoms with Gasteiger partial charge in [-0.05, 0) is 70.3 Å². The molecule has 0 radical (unpaired) electrons. The van der Waals surface area contributed by atoms with Crippen molar-refractivity contribution in [2.24, 2.45) is 5.92 Å². The third kappa shape index (κ3) is 5.05. The van der Waals surface area contributed by atoms with Gasteiger partial charge >= 0.3 is 6.03 Å². The Morgan fingerprint density at radius 1 is 1.27 bits per heavy atom. The lowest BCUT2D eigenvalue weighted by molar-refractivity contribution is 0.170. The zero-order valence-corrected chi connectivity index (χ0v) is 15.3. The van der Waals surface area contributed by atoms with E-state index in [0.717, 1.165) is 24.6 Å². The second-order valence-electron chi connectivity index (χ2n) is 6.91. The number of likely N-dealkylation sites (tertiary alicyclic amines) is 1. The SMILES string of the molecule is CCCN1CCC(CNC(=O)N(C)[C@@H]2CC[C@H](SC)C2)CC1. The number of hydrogen-bond donors (Lipinski definition) is 1. The van der Waals surface area contributed by atoms with Gasteiger partial charge in [-0.25, -0.2) is 4.79 Å². The molecule has 2 aliphatic rings. The molecular weight excluding hydrogens is 294 g/mol. The molecule has 2 fully saturated rings. The van der Waals surface area contributed by atoms with Gasteiger partial charge in [-0.1, -0.05) is 6.92 Å². The lowest BCUT2D eigenvalue weighted by Crippen LogP contribution is -2.45. The Balaban J connectivity index is 1.65. The lowest BCUT2D eigenvalue weighted by Gasteiger charge is -2.32. The number of rotatable bonds is 6. The Kier molecular flexibility index (Phi) is 7.35. The van der Waals surface area contributed by atoms with Crippen molar-refractivity contribution < 1.29 is 4.79 Å². The average molecular weight is 328 g/mol. The largest absolute Gasteiger partial charge is 0.338 e.